The molecule has 0 bridgehead atoms. The Morgan fingerprint density at radius 3 is 2.55 bits per heavy atom. The molecule has 5 heteroatoms. The number of nitrogens with one attached hydrogen (secondary N) is 1. The van der Waals surface area contributed by atoms with Crippen molar-refractivity contribution in [2.75, 3.05) is 5.73 Å². The minimum absolute atomic E-state index is 0.0362. The average molecular weight is 296 g/mol. The standard InChI is InChI=1S/C15H24N2O2S/c1-10-4-7-15(12(3)8-10)17-20(18,19)13-5-6-14(16)11(2)9-13/h5-6,9-10,12,15,17H,4,7-8,16H2,1-3H3. The summed E-state index contributed by atoms with van der Waals surface area (Å²) < 4.78 is 27.7. The maximum absolute atomic E-state index is 12.4. The zero-order valence-corrected chi connectivity index (χ0v) is 13.2. The zero-order valence-electron chi connectivity index (χ0n) is 12.4. The first kappa shape index (κ1) is 15.3. The van der Waals surface area contributed by atoms with Crippen molar-refractivity contribution in [2.24, 2.45) is 11.8 Å². The Bertz CT molecular complexity index is 584. The molecule has 0 aromatic heterocycles. The van der Waals surface area contributed by atoms with E-state index in [0.29, 0.717) is 22.4 Å². The van der Waals surface area contributed by atoms with E-state index in [1.54, 1.807) is 18.2 Å². The smallest absolute Gasteiger partial charge is 0.240 e. The lowest BCUT2D eigenvalue weighted by Gasteiger charge is -2.32. The van der Waals surface area contributed by atoms with Gasteiger partial charge in [0.2, 0.25) is 10.0 Å². The van der Waals surface area contributed by atoms with Crippen molar-refractivity contribution >= 4 is 15.7 Å². The second-order valence-corrected chi connectivity index (χ2v) is 7.86. The van der Waals surface area contributed by atoms with Crippen LogP contribution in [0.5, 0.6) is 0 Å². The van der Waals surface area contributed by atoms with Crippen LogP contribution in [-0.4, -0.2) is 14.5 Å². The third-order valence-electron chi connectivity index (χ3n) is 4.29. The molecule has 0 radical (unpaired) electrons. The summed E-state index contributed by atoms with van der Waals surface area (Å²) in [6.07, 6.45) is 3.07. The number of hydrogen-bond acceptors (Lipinski definition) is 3. The van der Waals surface area contributed by atoms with Crippen molar-refractivity contribution in [3.05, 3.63) is 23.8 Å². The van der Waals surface area contributed by atoms with Gasteiger partial charge in [-0.15, -0.1) is 0 Å². The fourth-order valence-corrected chi connectivity index (χ4v) is 4.39. The molecule has 2 rings (SSSR count). The molecule has 1 aliphatic carbocycles. The lowest BCUT2D eigenvalue weighted by molar-refractivity contribution is 0.249. The quantitative estimate of drug-likeness (QED) is 0.842. The maximum Gasteiger partial charge on any atom is 0.240 e. The van der Waals surface area contributed by atoms with Gasteiger partial charge in [-0.05, 0) is 61.8 Å². The Hall–Kier alpha value is -1.07. The largest absolute Gasteiger partial charge is 0.399 e. The number of rotatable bonds is 3. The summed E-state index contributed by atoms with van der Waals surface area (Å²) in [4.78, 5) is 0.301. The van der Waals surface area contributed by atoms with Crippen molar-refractivity contribution in [1.82, 2.24) is 4.72 Å². The van der Waals surface area contributed by atoms with Crippen LogP contribution in [0, 0.1) is 18.8 Å². The van der Waals surface area contributed by atoms with Crippen LogP contribution in [0.25, 0.3) is 0 Å². The van der Waals surface area contributed by atoms with Gasteiger partial charge in [0.1, 0.15) is 0 Å². The van der Waals surface area contributed by atoms with Crippen LogP contribution >= 0.6 is 0 Å². The molecule has 1 saturated carbocycles. The minimum atomic E-state index is -3.46. The summed E-state index contributed by atoms with van der Waals surface area (Å²) >= 11 is 0. The van der Waals surface area contributed by atoms with E-state index in [2.05, 4.69) is 18.6 Å². The normalized spacial score (nSPS) is 27.4. The molecule has 1 aliphatic rings. The molecule has 20 heavy (non-hydrogen) atoms. The van der Waals surface area contributed by atoms with Crippen LogP contribution in [0.4, 0.5) is 5.69 Å². The summed E-state index contributed by atoms with van der Waals surface area (Å²) in [7, 11) is -3.46. The minimum Gasteiger partial charge on any atom is -0.399 e. The van der Waals surface area contributed by atoms with Crippen LogP contribution in [0.15, 0.2) is 23.1 Å². The van der Waals surface area contributed by atoms with Crippen LogP contribution in [0.2, 0.25) is 0 Å². The van der Waals surface area contributed by atoms with Crippen molar-refractivity contribution in [2.45, 2.75) is 51.0 Å². The Morgan fingerprint density at radius 2 is 1.95 bits per heavy atom. The Labute approximate surface area is 121 Å². The average Bonchev–Trinajstić information content (AvgIpc) is 2.36. The maximum atomic E-state index is 12.4. The molecule has 3 N–H and O–H groups in total. The highest BCUT2D eigenvalue weighted by atomic mass is 32.2. The molecule has 112 valence electrons. The Morgan fingerprint density at radius 1 is 1.25 bits per heavy atom. The molecule has 0 spiro atoms. The first-order chi connectivity index (χ1) is 9.29. The van der Waals surface area contributed by atoms with E-state index in [9.17, 15) is 8.42 Å². The van der Waals surface area contributed by atoms with E-state index in [0.717, 1.165) is 24.8 Å². The molecule has 0 aliphatic heterocycles. The lowest BCUT2D eigenvalue weighted by atomic mass is 9.80. The number of hydrogen-bond donors (Lipinski definition) is 2. The third kappa shape index (κ3) is 3.33. The summed E-state index contributed by atoms with van der Waals surface area (Å²) in [5.41, 5.74) is 7.14. The van der Waals surface area contributed by atoms with Crippen molar-refractivity contribution in [3.63, 3.8) is 0 Å². The molecule has 3 atom stereocenters. The number of aryl methyl sites for hydroxylation is 1. The van der Waals surface area contributed by atoms with Gasteiger partial charge in [0.15, 0.2) is 0 Å². The molecule has 1 aromatic carbocycles. The van der Waals surface area contributed by atoms with Gasteiger partial charge in [-0.1, -0.05) is 13.8 Å². The van der Waals surface area contributed by atoms with Gasteiger partial charge in [-0.25, -0.2) is 13.1 Å². The molecular formula is C15H24N2O2S. The van der Waals surface area contributed by atoms with Crippen molar-refractivity contribution in [1.29, 1.82) is 0 Å². The summed E-state index contributed by atoms with van der Waals surface area (Å²) in [5, 5.41) is 0. The topological polar surface area (TPSA) is 72.2 Å². The number of anilines is 1. The van der Waals surface area contributed by atoms with Gasteiger partial charge < -0.3 is 5.73 Å². The molecular weight excluding hydrogens is 272 g/mol. The van der Waals surface area contributed by atoms with E-state index in [4.69, 9.17) is 5.73 Å². The highest BCUT2D eigenvalue weighted by molar-refractivity contribution is 7.89. The van der Waals surface area contributed by atoms with E-state index in [1.165, 1.54) is 0 Å². The molecule has 0 amide bonds. The second kappa shape index (κ2) is 5.74. The summed E-state index contributed by atoms with van der Waals surface area (Å²) in [5.74, 6) is 1.06. The molecule has 4 nitrogen and oxygen atoms in total. The molecule has 1 aromatic rings. The zero-order chi connectivity index (χ0) is 14.9. The molecule has 1 fully saturated rings. The summed E-state index contributed by atoms with van der Waals surface area (Å²) in [6, 6.07) is 4.89. The van der Waals surface area contributed by atoms with Crippen LogP contribution in [0.3, 0.4) is 0 Å². The van der Waals surface area contributed by atoms with Gasteiger partial charge >= 0.3 is 0 Å². The summed E-state index contributed by atoms with van der Waals surface area (Å²) in [6.45, 7) is 6.17. The van der Waals surface area contributed by atoms with E-state index in [-0.39, 0.29) is 6.04 Å². The van der Waals surface area contributed by atoms with Gasteiger partial charge in [0.25, 0.3) is 0 Å². The predicted octanol–water partition coefficient (Wildman–Crippen LogP) is 2.68. The number of nitrogen functional groups attached to an aromatic ring is 1. The van der Waals surface area contributed by atoms with Crippen LogP contribution in [-0.2, 0) is 10.0 Å². The number of sulfonamides is 1. The fraction of sp³-hybridized carbons (Fsp3) is 0.600. The first-order valence-corrected chi connectivity index (χ1v) is 8.66. The van der Waals surface area contributed by atoms with E-state index < -0.39 is 10.0 Å². The highest BCUT2D eigenvalue weighted by Crippen LogP contribution is 2.29. The van der Waals surface area contributed by atoms with Gasteiger partial charge in [0, 0.05) is 11.7 Å². The van der Waals surface area contributed by atoms with Gasteiger partial charge in [-0.3, -0.25) is 0 Å². The SMILES string of the molecule is Cc1cc(S(=O)(=O)NC2CCC(C)CC2C)ccc1N. The van der Waals surface area contributed by atoms with Gasteiger partial charge in [-0.2, -0.15) is 0 Å². The predicted molar refractivity (Wildman–Crippen MR) is 81.9 cm³/mol. The van der Waals surface area contributed by atoms with E-state index in [1.807, 2.05) is 6.92 Å². The number of benzene rings is 1. The Kier molecular flexibility index (Phi) is 4.39. The van der Waals surface area contributed by atoms with Gasteiger partial charge in [0.05, 0.1) is 4.90 Å². The van der Waals surface area contributed by atoms with Crippen LogP contribution in [0.1, 0.15) is 38.7 Å². The highest BCUT2D eigenvalue weighted by Gasteiger charge is 2.29. The fourth-order valence-electron chi connectivity index (χ4n) is 2.92. The third-order valence-corrected chi connectivity index (χ3v) is 5.78. The van der Waals surface area contributed by atoms with Crippen LogP contribution < -0.4 is 10.5 Å². The van der Waals surface area contributed by atoms with E-state index >= 15 is 0 Å². The van der Waals surface area contributed by atoms with Crippen molar-refractivity contribution < 1.29 is 8.42 Å². The molecule has 0 saturated heterocycles. The second-order valence-electron chi connectivity index (χ2n) is 6.14. The number of nitrogens with two attached hydrogens (primary N) is 1. The molecule has 0 heterocycles. The van der Waals surface area contributed by atoms with Crippen molar-refractivity contribution in [3.8, 4) is 0 Å². The monoisotopic (exact) mass is 296 g/mol. The lowest BCUT2D eigenvalue weighted by Crippen LogP contribution is -2.42. The molecule has 3 unspecified atom stereocenters. The first-order valence-electron chi connectivity index (χ1n) is 7.18. The Balaban J connectivity index is 2.16.